The van der Waals surface area contributed by atoms with E-state index in [9.17, 15) is 8.42 Å². The first-order valence-electron chi connectivity index (χ1n) is 3.94. The molecule has 0 aliphatic rings. The average Bonchev–Trinajstić information content (AvgIpc) is 2.52. The Balaban J connectivity index is 2.79. The van der Waals surface area contributed by atoms with Gasteiger partial charge in [0.25, 0.3) is 0 Å². The van der Waals surface area contributed by atoms with Crippen molar-refractivity contribution in [3.8, 4) is 0 Å². The molecule has 1 rings (SSSR count). The summed E-state index contributed by atoms with van der Waals surface area (Å²) in [5.74, 6) is 0.782. The Hall–Kier alpha value is -0.300. The van der Waals surface area contributed by atoms with Crippen molar-refractivity contribution in [2.75, 3.05) is 5.75 Å². The molecule has 0 aliphatic heterocycles. The van der Waals surface area contributed by atoms with Crippen LogP contribution >= 0.6 is 24.0 Å². The van der Waals surface area contributed by atoms with E-state index in [0.717, 1.165) is 17.1 Å². The third-order valence-corrected chi connectivity index (χ3v) is 4.21. The zero-order valence-corrected chi connectivity index (χ0v) is 9.91. The van der Waals surface area contributed by atoms with Crippen LogP contribution in [0.4, 0.5) is 0 Å². The molecule has 2 N–H and O–H groups in total. The van der Waals surface area contributed by atoms with Gasteiger partial charge in [-0.3, -0.25) is 0 Å². The van der Waals surface area contributed by atoms with E-state index < -0.39 is 10.0 Å². The summed E-state index contributed by atoms with van der Waals surface area (Å²) in [4.78, 5) is 0.885. The van der Waals surface area contributed by atoms with Crippen LogP contribution in [0.1, 0.15) is 11.3 Å². The Labute approximate surface area is 93.1 Å². The molecule has 0 amide bonds. The first kappa shape index (κ1) is 11.8. The van der Waals surface area contributed by atoms with Gasteiger partial charge in [0.15, 0.2) is 0 Å². The van der Waals surface area contributed by atoms with Crippen molar-refractivity contribution < 1.29 is 8.42 Å². The fourth-order valence-electron chi connectivity index (χ4n) is 0.851. The number of thiol groups is 1. The maximum Gasteiger partial charge on any atom is 0.247 e. The summed E-state index contributed by atoms with van der Waals surface area (Å²) in [5.41, 5.74) is 0. The number of primary sulfonamides is 1. The van der Waals surface area contributed by atoms with Crippen LogP contribution in [-0.4, -0.2) is 14.2 Å². The first-order valence-corrected chi connectivity index (χ1v) is 6.93. The van der Waals surface area contributed by atoms with Gasteiger partial charge in [-0.15, -0.1) is 11.3 Å². The maximum atomic E-state index is 10.9. The molecule has 0 saturated heterocycles. The van der Waals surface area contributed by atoms with Gasteiger partial charge in [-0.25, -0.2) is 13.6 Å². The Kier molecular flexibility index (Phi) is 4.18. The van der Waals surface area contributed by atoms with Crippen LogP contribution in [0.3, 0.4) is 0 Å². The van der Waals surface area contributed by atoms with Crippen molar-refractivity contribution >= 4 is 40.1 Å². The summed E-state index contributed by atoms with van der Waals surface area (Å²) >= 11 is 5.22. The summed E-state index contributed by atoms with van der Waals surface area (Å²) < 4.78 is 22.1. The smallest absolute Gasteiger partial charge is 0.224 e. The molecule has 3 nitrogen and oxygen atoms in total. The van der Waals surface area contributed by atoms with Crippen LogP contribution < -0.4 is 5.14 Å². The van der Waals surface area contributed by atoms with Crippen molar-refractivity contribution in [3.63, 3.8) is 0 Å². The van der Waals surface area contributed by atoms with E-state index in [-0.39, 0.29) is 4.21 Å². The van der Waals surface area contributed by atoms with E-state index in [0.29, 0.717) is 0 Å². The van der Waals surface area contributed by atoms with Crippen molar-refractivity contribution in [2.24, 2.45) is 5.14 Å². The maximum absolute atomic E-state index is 10.9. The summed E-state index contributed by atoms with van der Waals surface area (Å²) in [5, 5.41) is 4.97. The van der Waals surface area contributed by atoms with Gasteiger partial charge in [0.05, 0.1) is 0 Å². The number of rotatable bonds is 4. The predicted molar refractivity (Wildman–Crippen MR) is 63.2 cm³/mol. The highest BCUT2D eigenvalue weighted by atomic mass is 32.2. The van der Waals surface area contributed by atoms with Crippen LogP contribution in [0.5, 0.6) is 0 Å². The number of nitrogens with two attached hydrogens (primary N) is 1. The third kappa shape index (κ3) is 3.45. The second kappa shape index (κ2) is 4.97. The number of allylic oxidation sites excluding steroid dienone is 1. The Morgan fingerprint density at radius 3 is 2.71 bits per heavy atom. The summed E-state index contributed by atoms with van der Waals surface area (Å²) in [6.07, 6.45) is 4.69. The molecule has 0 radical (unpaired) electrons. The largest absolute Gasteiger partial charge is 0.247 e. The molecule has 0 bridgehead atoms. The molecule has 14 heavy (non-hydrogen) atoms. The van der Waals surface area contributed by atoms with E-state index in [2.05, 4.69) is 12.6 Å². The lowest BCUT2D eigenvalue weighted by atomic mass is 10.4. The standard InChI is InChI=1S/C8H11NO2S3/c9-14(10,11)8-5-4-7(13-8)3-1-2-6-12/h1,3-5,12H,2,6H2,(H2,9,10,11). The first-order chi connectivity index (χ1) is 6.54. The van der Waals surface area contributed by atoms with Crippen LogP contribution in [0.2, 0.25) is 0 Å². The van der Waals surface area contributed by atoms with Gasteiger partial charge in [-0.1, -0.05) is 6.08 Å². The Morgan fingerprint density at radius 1 is 1.50 bits per heavy atom. The Morgan fingerprint density at radius 2 is 2.21 bits per heavy atom. The quantitative estimate of drug-likeness (QED) is 0.798. The summed E-state index contributed by atoms with van der Waals surface area (Å²) in [7, 11) is -3.54. The molecule has 0 fully saturated rings. The lowest BCUT2D eigenvalue weighted by molar-refractivity contribution is 0.600. The summed E-state index contributed by atoms with van der Waals surface area (Å²) in [6.45, 7) is 0. The second-order valence-corrected chi connectivity index (χ2v) is 5.97. The highest BCUT2D eigenvalue weighted by Crippen LogP contribution is 2.21. The SMILES string of the molecule is NS(=O)(=O)c1ccc(C=CCCS)s1. The molecule has 1 heterocycles. The van der Waals surface area contributed by atoms with Crippen LogP contribution in [0, 0.1) is 0 Å². The highest BCUT2D eigenvalue weighted by Gasteiger charge is 2.09. The average molecular weight is 249 g/mol. The minimum absolute atomic E-state index is 0.197. The molecule has 6 heteroatoms. The van der Waals surface area contributed by atoms with Gasteiger partial charge in [0, 0.05) is 4.88 Å². The monoisotopic (exact) mass is 249 g/mol. The van der Waals surface area contributed by atoms with E-state index in [4.69, 9.17) is 5.14 Å². The molecule has 1 aromatic heterocycles. The van der Waals surface area contributed by atoms with Crippen molar-refractivity contribution in [1.82, 2.24) is 0 Å². The molecular weight excluding hydrogens is 238 g/mol. The molecule has 0 spiro atoms. The van der Waals surface area contributed by atoms with Gasteiger partial charge >= 0.3 is 0 Å². The van der Waals surface area contributed by atoms with E-state index in [1.54, 1.807) is 6.07 Å². The number of sulfonamides is 1. The molecule has 0 unspecified atom stereocenters. The number of thiophene rings is 1. The van der Waals surface area contributed by atoms with Gasteiger partial charge in [0.1, 0.15) is 4.21 Å². The van der Waals surface area contributed by atoms with Crippen LogP contribution in [0.15, 0.2) is 22.4 Å². The third-order valence-electron chi connectivity index (χ3n) is 1.46. The Bertz CT molecular complexity index is 420. The lowest BCUT2D eigenvalue weighted by Gasteiger charge is -1.88. The topological polar surface area (TPSA) is 60.2 Å². The zero-order chi connectivity index (χ0) is 10.6. The minimum atomic E-state index is -3.54. The van der Waals surface area contributed by atoms with Crippen molar-refractivity contribution in [2.45, 2.75) is 10.6 Å². The molecular formula is C8H11NO2S3. The van der Waals surface area contributed by atoms with E-state index in [1.165, 1.54) is 17.4 Å². The van der Waals surface area contributed by atoms with E-state index in [1.807, 2.05) is 12.2 Å². The van der Waals surface area contributed by atoms with Crippen LogP contribution in [-0.2, 0) is 10.0 Å². The van der Waals surface area contributed by atoms with Crippen LogP contribution in [0.25, 0.3) is 6.08 Å². The van der Waals surface area contributed by atoms with Crippen molar-refractivity contribution in [3.05, 3.63) is 23.1 Å². The molecule has 1 aromatic rings. The second-order valence-electron chi connectivity index (χ2n) is 2.62. The predicted octanol–water partition coefficient (Wildman–Crippen LogP) is 1.73. The lowest BCUT2D eigenvalue weighted by Crippen LogP contribution is -2.09. The van der Waals surface area contributed by atoms with Gasteiger partial charge < -0.3 is 0 Å². The van der Waals surface area contributed by atoms with Gasteiger partial charge in [0.2, 0.25) is 10.0 Å². The molecule has 78 valence electrons. The van der Waals surface area contributed by atoms with Gasteiger partial charge in [-0.05, 0) is 30.4 Å². The summed E-state index contributed by atoms with van der Waals surface area (Å²) in [6, 6.07) is 3.25. The fraction of sp³-hybridized carbons (Fsp3) is 0.250. The van der Waals surface area contributed by atoms with E-state index >= 15 is 0 Å². The molecule has 0 aromatic carbocycles. The zero-order valence-electron chi connectivity index (χ0n) is 7.38. The highest BCUT2D eigenvalue weighted by molar-refractivity contribution is 7.91. The normalized spacial score (nSPS) is 12.4. The minimum Gasteiger partial charge on any atom is -0.224 e. The van der Waals surface area contributed by atoms with Gasteiger partial charge in [-0.2, -0.15) is 12.6 Å². The molecule has 0 aliphatic carbocycles. The molecule has 0 atom stereocenters. The number of hydrogen-bond acceptors (Lipinski definition) is 4. The molecule has 0 saturated carbocycles. The number of hydrogen-bond donors (Lipinski definition) is 2. The van der Waals surface area contributed by atoms with Crippen molar-refractivity contribution in [1.29, 1.82) is 0 Å². The fourth-order valence-corrected chi connectivity index (χ4v) is 2.68.